The van der Waals surface area contributed by atoms with Crippen molar-refractivity contribution in [3.63, 3.8) is 0 Å². The van der Waals surface area contributed by atoms with Crippen LogP contribution in [0.15, 0.2) is 30.6 Å². The Kier molecular flexibility index (Phi) is 7.71. The van der Waals surface area contributed by atoms with Gasteiger partial charge in [-0.1, -0.05) is 11.3 Å². The lowest BCUT2D eigenvalue weighted by atomic mass is 10.1. The summed E-state index contributed by atoms with van der Waals surface area (Å²) < 4.78 is 47.9. The largest absolute Gasteiger partial charge is 0.573 e. The van der Waals surface area contributed by atoms with E-state index < -0.39 is 23.8 Å². The molecule has 1 fully saturated rings. The zero-order valence-corrected chi connectivity index (χ0v) is 19.4. The van der Waals surface area contributed by atoms with Crippen LogP contribution in [0.1, 0.15) is 15.4 Å². The van der Waals surface area contributed by atoms with Crippen molar-refractivity contribution in [3.05, 3.63) is 41.2 Å². The maximum Gasteiger partial charge on any atom is 0.573 e. The molecule has 4 rings (SSSR count). The van der Waals surface area contributed by atoms with E-state index in [1.807, 2.05) is 0 Å². The molecule has 1 saturated heterocycles. The average Bonchev–Trinajstić information content (AvgIpc) is 3.28. The predicted molar refractivity (Wildman–Crippen MR) is 122 cm³/mol. The summed E-state index contributed by atoms with van der Waals surface area (Å²) in [5.74, 6) is -1.51. The second-order valence-corrected chi connectivity index (χ2v) is 8.69. The minimum atomic E-state index is -4.98. The van der Waals surface area contributed by atoms with Crippen molar-refractivity contribution >= 4 is 34.7 Å². The van der Waals surface area contributed by atoms with Gasteiger partial charge >= 0.3 is 6.36 Å². The fourth-order valence-electron chi connectivity index (χ4n) is 3.30. The Morgan fingerprint density at radius 2 is 1.89 bits per heavy atom. The van der Waals surface area contributed by atoms with Gasteiger partial charge in [0.25, 0.3) is 0 Å². The number of anilines is 2. The van der Waals surface area contributed by atoms with Gasteiger partial charge in [-0.05, 0) is 18.2 Å². The number of nitrogens with two attached hydrogens (primary N) is 1. The van der Waals surface area contributed by atoms with Crippen LogP contribution in [0, 0.1) is 0 Å². The molecule has 0 atom stereocenters. The van der Waals surface area contributed by atoms with Gasteiger partial charge in [0.2, 0.25) is 11.9 Å². The Bertz CT molecular complexity index is 1230. The van der Waals surface area contributed by atoms with Crippen molar-refractivity contribution in [2.45, 2.75) is 12.8 Å². The number of nitrogens with one attached hydrogen (secondary N) is 1. The van der Waals surface area contributed by atoms with Crippen LogP contribution in [0.5, 0.6) is 5.75 Å². The highest BCUT2D eigenvalue weighted by Gasteiger charge is 2.32. The van der Waals surface area contributed by atoms with Crippen LogP contribution in [0.4, 0.5) is 24.8 Å². The Morgan fingerprint density at radius 3 is 2.58 bits per heavy atom. The maximum atomic E-state index is 12.9. The first kappa shape index (κ1) is 25.4. The van der Waals surface area contributed by atoms with Crippen LogP contribution in [0.3, 0.4) is 0 Å². The van der Waals surface area contributed by atoms with Gasteiger partial charge in [-0.2, -0.15) is 0 Å². The van der Waals surface area contributed by atoms with Crippen LogP contribution in [-0.2, 0) is 16.0 Å². The molecular formula is C21H20F3N7O4S. The number of rotatable bonds is 8. The number of morpholine rings is 1. The molecule has 3 N–H and O–H groups in total. The van der Waals surface area contributed by atoms with Crippen molar-refractivity contribution in [3.8, 4) is 16.3 Å². The molecule has 1 amide bonds. The topological polar surface area (TPSA) is 145 Å². The average molecular weight is 523 g/mol. The van der Waals surface area contributed by atoms with E-state index in [1.165, 1.54) is 18.5 Å². The summed E-state index contributed by atoms with van der Waals surface area (Å²) >= 11 is 1.14. The van der Waals surface area contributed by atoms with Crippen molar-refractivity contribution in [1.29, 1.82) is 0 Å². The van der Waals surface area contributed by atoms with E-state index >= 15 is 0 Å². The van der Waals surface area contributed by atoms with Crippen LogP contribution >= 0.6 is 11.3 Å². The third kappa shape index (κ3) is 6.93. The van der Waals surface area contributed by atoms with Crippen molar-refractivity contribution in [1.82, 2.24) is 25.1 Å². The first-order valence-electron chi connectivity index (χ1n) is 10.6. The number of halogens is 3. The molecule has 15 heteroatoms. The number of hydrogen-bond acceptors (Lipinski definition) is 11. The van der Waals surface area contributed by atoms with E-state index in [0.29, 0.717) is 41.9 Å². The number of Topliss-reactive ketones (excluding diaryl/α,β-unsaturated/α-hetero) is 1. The van der Waals surface area contributed by atoms with Gasteiger partial charge in [0.1, 0.15) is 5.01 Å². The standard InChI is InChI=1S/C21H20F3N7O4S/c22-21(23,24)35-16-2-1-12(7-14(16)28-17(33)11-31-3-5-34-6-4-31)15(32)8-18-29-30-19(36-18)13-9-26-20(25)27-10-13/h1-2,7,9-10H,3-6,8,11H2,(H,28,33)(H2,25,26,27). The Balaban J connectivity index is 1.49. The van der Waals surface area contributed by atoms with Gasteiger partial charge in [0.05, 0.1) is 31.9 Å². The van der Waals surface area contributed by atoms with Gasteiger partial charge in [0, 0.05) is 36.6 Å². The SMILES string of the molecule is Nc1ncc(-c2nnc(CC(=O)c3ccc(OC(F)(F)F)c(NC(=O)CN4CCOCC4)c3)s2)cn1. The lowest BCUT2D eigenvalue weighted by Crippen LogP contribution is -2.41. The Labute approximate surface area is 206 Å². The molecule has 0 unspecified atom stereocenters. The second-order valence-electron chi connectivity index (χ2n) is 7.63. The number of ketones is 1. The van der Waals surface area contributed by atoms with Crippen LogP contribution in [-0.4, -0.2) is 76.0 Å². The van der Waals surface area contributed by atoms with Gasteiger partial charge < -0.3 is 20.5 Å². The van der Waals surface area contributed by atoms with E-state index in [4.69, 9.17) is 10.5 Å². The van der Waals surface area contributed by atoms with E-state index in [2.05, 4.69) is 30.2 Å². The number of nitrogen functional groups attached to an aromatic ring is 1. The third-order valence-corrected chi connectivity index (χ3v) is 5.94. The number of hydrogen-bond donors (Lipinski definition) is 2. The van der Waals surface area contributed by atoms with Crippen LogP contribution < -0.4 is 15.8 Å². The highest BCUT2D eigenvalue weighted by atomic mass is 32.1. The molecular weight excluding hydrogens is 503 g/mol. The second kappa shape index (κ2) is 10.9. The zero-order chi connectivity index (χ0) is 25.7. The van der Waals surface area contributed by atoms with Gasteiger partial charge in [0.15, 0.2) is 16.5 Å². The Hall–Kier alpha value is -3.69. The van der Waals surface area contributed by atoms with E-state index in [9.17, 15) is 22.8 Å². The first-order chi connectivity index (χ1) is 17.2. The van der Waals surface area contributed by atoms with E-state index in [-0.39, 0.29) is 30.2 Å². The summed E-state index contributed by atoms with van der Waals surface area (Å²) in [6, 6.07) is 3.33. The third-order valence-electron chi connectivity index (χ3n) is 4.97. The molecule has 2 aromatic heterocycles. The Morgan fingerprint density at radius 1 is 1.17 bits per heavy atom. The molecule has 0 saturated carbocycles. The molecule has 0 bridgehead atoms. The molecule has 0 spiro atoms. The molecule has 0 radical (unpaired) electrons. The number of carbonyl (C=O) groups is 2. The number of carbonyl (C=O) groups excluding carboxylic acids is 2. The predicted octanol–water partition coefficient (Wildman–Crippen LogP) is 2.17. The first-order valence-corrected chi connectivity index (χ1v) is 11.4. The fraction of sp³-hybridized carbons (Fsp3) is 0.333. The normalized spacial score (nSPS) is 14.4. The molecule has 1 aliphatic rings. The lowest BCUT2D eigenvalue weighted by molar-refractivity contribution is -0.274. The quantitative estimate of drug-likeness (QED) is 0.421. The number of nitrogens with zero attached hydrogens (tertiary/aromatic N) is 5. The van der Waals surface area contributed by atoms with Crippen molar-refractivity contribution < 1.29 is 32.2 Å². The summed E-state index contributed by atoms with van der Waals surface area (Å²) in [6.45, 7) is 1.90. The summed E-state index contributed by atoms with van der Waals surface area (Å²) in [4.78, 5) is 34.9. The molecule has 190 valence electrons. The molecule has 36 heavy (non-hydrogen) atoms. The summed E-state index contributed by atoms with van der Waals surface area (Å²) in [6.07, 6.45) is -2.20. The molecule has 1 aromatic carbocycles. The summed E-state index contributed by atoms with van der Waals surface area (Å²) in [5, 5.41) is 11.3. The minimum Gasteiger partial charge on any atom is -0.404 e. The lowest BCUT2D eigenvalue weighted by Gasteiger charge is -2.26. The van der Waals surface area contributed by atoms with Gasteiger partial charge in [-0.25, -0.2) is 9.97 Å². The van der Waals surface area contributed by atoms with Crippen molar-refractivity contribution in [2.75, 3.05) is 43.9 Å². The van der Waals surface area contributed by atoms with Crippen molar-refractivity contribution in [2.24, 2.45) is 0 Å². The maximum absolute atomic E-state index is 12.9. The number of amides is 1. The van der Waals surface area contributed by atoms with Crippen LogP contribution in [0.2, 0.25) is 0 Å². The van der Waals surface area contributed by atoms with E-state index in [1.54, 1.807) is 4.90 Å². The van der Waals surface area contributed by atoms with Gasteiger partial charge in [-0.3, -0.25) is 14.5 Å². The molecule has 0 aliphatic carbocycles. The monoisotopic (exact) mass is 523 g/mol. The number of ether oxygens (including phenoxy) is 2. The van der Waals surface area contributed by atoms with E-state index in [0.717, 1.165) is 23.5 Å². The summed E-state index contributed by atoms with van der Waals surface area (Å²) in [5.41, 5.74) is 5.84. The smallest absolute Gasteiger partial charge is 0.404 e. The number of alkyl halides is 3. The number of benzene rings is 1. The highest BCUT2D eigenvalue weighted by molar-refractivity contribution is 7.14. The molecule has 1 aliphatic heterocycles. The minimum absolute atomic E-state index is 0.0462. The number of aromatic nitrogens is 4. The van der Waals surface area contributed by atoms with Gasteiger partial charge in [-0.15, -0.1) is 23.4 Å². The molecule has 3 heterocycles. The molecule has 11 nitrogen and oxygen atoms in total. The fourth-order valence-corrected chi connectivity index (χ4v) is 4.11. The highest BCUT2D eigenvalue weighted by Crippen LogP contribution is 2.32. The molecule has 3 aromatic rings. The summed E-state index contributed by atoms with van der Waals surface area (Å²) in [7, 11) is 0. The zero-order valence-electron chi connectivity index (χ0n) is 18.6. The van der Waals surface area contributed by atoms with Crippen LogP contribution in [0.25, 0.3) is 10.6 Å².